The number of carbonyl (C=O) groups excluding carboxylic acids is 2. The van der Waals surface area contributed by atoms with E-state index in [9.17, 15) is 9.59 Å². The van der Waals surface area contributed by atoms with Crippen LogP contribution in [0, 0.1) is 0 Å². The summed E-state index contributed by atoms with van der Waals surface area (Å²) in [4.78, 5) is 23.6. The highest BCUT2D eigenvalue weighted by atomic mass is 16.5. The van der Waals surface area contributed by atoms with Crippen LogP contribution in [0.3, 0.4) is 0 Å². The molecule has 24 heavy (non-hydrogen) atoms. The number of ether oxygens (including phenoxy) is 3. The molecule has 0 unspecified atom stereocenters. The van der Waals surface area contributed by atoms with Gasteiger partial charge in [-0.2, -0.15) is 0 Å². The first kappa shape index (κ1) is 18.3. The van der Waals surface area contributed by atoms with Crippen molar-refractivity contribution in [3.05, 3.63) is 29.8 Å². The van der Waals surface area contributed by atoms with E-state index in [0.717, 1.165) is 19.4 Å². The van der Waals surface area contributed by atoms with Gasteiger partial charge in [0.15, 0.2) is 6.61 Å². The standard InChI is InChI=1S/C18H25NO5/c1-18(2,3)19-16(20)12-24-17(21)13-6-8-14(9-7-13)23-11-15-5-4-10-22-15/h6-9,15H,4-5,10-12H2,1-3H3,(H,19,20)/t15-/m1/s1. The summed E-state index contributed by atoms with van der Waals surface area (Å²) in [5.41, 5.74) is 0.0222. The van der Waals surface area contributed by atoms with Gasteiger partial charge >= 0.3 is 5.97 Å². The lowest BCUT2D eigenvalue weighted by molar-refractivity contribution is -0.125. The Morgan fingerprint density at radius 1 is 1.25 bits per heavy atom. The van der Waals surface area contributed by atoms with Gasteiger partial charge in [0.05, 0.1) is 11.7 Å². The molecule has 1 aromatic rings. The summed E-state index contributed by atoms with van der Waals surface area (Å²) >= 11 is 0. The Morgan fingerprint density at radius 3 is 2.54 bits per heavy atom. The van der Waals surface area contributed by atoms with Gasteiger partial charge < -0.3 is 19.5 Å². The quantitative estimate of drug-likeness (QED) is 0.808. The number of rotatable bonds is 6. The average molecular weight is 335 g/mol. The fraction of sp³-hybridized carbons (Fsp3) is 0.556. The Labute approximate surface area is 142 Å². The molecule has 0 spiro atoms. The molecule has 1 atom stereocenters. The van der Waals surface area contributed by atoms with Gasteiger partial charge in [0.1, 0.15) is 12.4 Å². The van der Waals surface area contributed by atoms with E-state index in [1.807, 2.05) is 20.8 Å². The number of carbonyl (C=O) groups is 2. The number of nitrogens with one attached hydrogen (secondary N) is 1. The van der Waals surface area contributed by atoms with E-state index in [-0.39, 0.29) is 24.2 Å². The van der Waals surface area contributed by atoms with Gasteiger partial charge in [-0.15, -0.1) is 0 Å². The molecule has 2 rings (SSSR count). The van der Waals surface area contributed by atoms with Crippen LogP contribution in [0.2, 0.25) is 0 Å². The van der Waals surface area contributed by atoms with E-state index >= 15 is 0 Å². The first-order chi connectivity index (χ1) is 11.3. The Morgan fingerprint density at radius 2 is 1.96 bits per heavy atom. The third-order valence-corrected chi connectivity index (χ3v) is 3.40. The lowest BCUT2D eigenvalue weighted by Gasteiger charge is -2.20. The second kappa shape index (κ2) is 8.15. The van der Waals surface area contributed by atoms with Gasteiger partial charge in [0, 0.05) is 12.1 Å². The van der Waals surface area contributed by atoms with Gasteiger partial charge in [0.25, 0.3) is 5.91 Å². The first-order valence-electron chi connectivity index (χ1n) is 8.16. The second-order valence-electron chi connectivity index (χ2n) is 6.84. The molecule has 6 heteroatoms. The van der Waals surface area contributed by atoms with E-state index in [1.54, 1.807) is 24.3 Å². The average Bonchev–Trinajstić information content (AvgIpc) is 3.03. The topological polar surface area (TPSA) is 73.9 Å². The van der Waals surface area contributed by atoms with E-state index in [1.165, 1.54) is 0 Å². The molecule has 1 saturated heterocycles. The van der Waals surface area contributed by atoms with Crippen LogP contribution in [0.15, 0.2) is 24.3 Å². The predicted molar refractivity (Wildman–Crippen MR) is 89.1 cm³/mol. The van der Waals surface area contributed by atoms with Gasteiger partial charge in [-0.3, -0.25) is 4.79 Å². The number of esters is 1. The Bertz CT molecular complexity index is 556. The monoisotopic (exact) mass is 335 g/mol. The Balaban J connectivity index is 1.77. The van der Waals surface area contributed by atoms with Crippen LogP contribution in [-0.4, -0.2) is 43.3 Å². The fourth-order valence-electron chi connectivity index (χ4n) is 2.32. The fourth-order valence-corrected chi connectivity index (χ4v) is 2.32. The molecule has 1 aromatic carbocycles. The first-order valence-corrected chi connectivity index (χ1v) is 8.16. The number of amides is 1. The maximum Gasteiger partial charge on any atom is 0.338 e. The van der Waals surface area contributed by atoms with Gasteiger partial charge in [0.2, 0.25) is 0 Å². The van der Waals surface area contributed by atoms with Crippen molar-refractivity contribution < 1.29 is 23.8 Å². The summed E-state index contributed by atoms with van der Waals surface area (Å²) in [5, 5.41) is 2.73. The molecule has 1 aliphatic rings. The second-order valence-corrected chi connectivity index (χ2v) is 6.84. The molecule has 0 bridgehead atoms. The normalized spacial score (nSPS) is 17.4. The molecule has 1 amide bonds. The van der Waals surface area contributed by atoms with Crippen molar-refractivity contribution in [2.24, 2.45) is 0 Å². The summed E-state index contributed by atoms with van der Waals surface area (Å²) in [6.07, 6.45) is 2.23. The van der Waals surface area contributed by atoms with Gasteiger partial charge in [-0.1, -0.05) is 0 Å². The molecule has 1 aliphatic heterocycles. The molecule has 6 nitrogen and oxygen atoms in total. The molecule has 0 aromatic heterocycles. The van der Waals surface area contributed by atoms with Gasteiger partial charge in [-0.05, 0) is 57.9 Å². The maximum absolute atomic E-state index is 11.9. The van der Waals surface area contributed by atoms with Crippen LogP contribution in [0.4, 0.5) is 0 Å². The zero-order chi connectivity index (χ0) is 17.6. The molecular weight excluding hydrogens is 310 g/mol. The molecule has 1 fully saturated rings. The highest BCUT2D eigenvalue weighted by Crippen LogP contribution is 2.17. The molecule has 1 heterocycles. The van der Waals surface area contributed by atoms with Crippen LogP contribution in [0.1, 0.15) is 44.0 Å². The molecule has 0 aliphatic carbocycles. The SMILES string of the molecule is CC(C)(C)NC(=O)COC(=O)c1ccc(OC[C@H]2CCCO2)cc1. The third kappa shape index (κ3) is 6.20. The summed E-state index contributed by atoms with van der Waals surface area (Å²) in [7, 11) is 0. The van der Waals surface area contributed by atoms with Crippen LogP contribution >= 0.6 is 0 Å². The van der Waals surface area contributed by atoms with Gasteiger partial charge in [-0.25, -0.2) is 4.79 Å². The molecule has 0 radical (unpaired) electrons. The van der Waals surface area contributed by atoms with Crippen LogP contribution in [0.5, 0.6) is 5.75 Å². The smallest absolute Gasteiger partial charge is 0.338 e. The number of benzene rings is 1. The zero-order valence-corrected chi connectivity index (χ0v) is 14.5. The summed E-state index contributed by atoms with van der Waals surface area (Å²) in [5.74, 6) is -0.190. The maximum atomic E-state index is 11.9. The van der Waals surface area contributed by atoms with Crippen molar-refractivity contribution in [2.75, 3.05) is 19.8 Å². The Kier molecular flexibility index (Phi) is 6.20. The minimum Gasteiger partial charge on any atom is -0.491 e. The molecule has 0 saturated carbocycles. The largest absolute Gasteiger partial charge is 0.491 e. The number of hydrogen-bond donors (Lipinski definition) is 1. The minimum atomic E-state index is -0.537. The number of hydrogen-bond acceptors (Lipinski definition) is 5. The third-order valence-electron chi connectivity index (χ3n) is 3.40. The van der Waals surface area contributed by atoms with E-state index < -0.39 is 5.97 Å². The highest BCUT2D eigenvalue weighted by Gasteiger charge is 2.17. The molecular formula is C18H25NO5. The Hall–Kier alpha value is -2.08. The summed E-state index contributed by atoms with van der Waals surface area (Å²) in [6, 6.07) is 6.66. The van der Waals surface area contributed by atoms with Crippen LogP contribution in [-0.2, 0) is 14.3 Å². The highest BCUT2D eigenvalue weighted by molar-refractivity contribution is 5.91. The zero-order valence-electron chi connectivity index (χ0n) is 14.5. The van der Waals surface area contributed by atoms with Crippen LogP contribution in [0.25, 0.3) is 0 Å². The van der Waals surface area contributed by atoms with E-state index in [0.29, 0.717) is 17.9 Å². The summed E-state index contributed by atoms with van der Waals surface area (Å²) < 4.78 is 16.1. The van der Waals surface area contributed by atoms with E-state index in [2.05, 4.69) is 5.32 Å². The molecule has 132 valence electrons. The van der Waals surface area contributed by atoms with Crippen molar-refractivity contribution in [3.8, 4) is 5.75 Å². The molecule has 1 N–H and O–H groups in total. The lowest BCUT2D eigenvalue weighted by atomic mass is 10.1. The van der Waals surface area contributed by atoms with Crippen molar-refractivity contribution in [3.63, 3.8) is 0 Å². The van der Waals surface area contributed by atoms with Crippen molar-refractivity contribution in [2.45, 2.75) is 45.3 Å². The van der Waals surface area contributed by atoms with Crippen molar-refractivity contribution >= 4 is 11.9 Å². The summed E-state index contributed by atoms with van der Waals surface area (Å²) in [6.45, 7) is 6.60. The minimum absolute atomic E-state index is 0.149. The van der Waals surface area contributed by atoms with E-state index in [4.69, 9.17) is 14.2 Å². The van der Waals surface area contributed by atoms with Crippen molar-refractivity contribution in [1.82, 2.24) is 5.32 Å². The van der Waals surface area contributed by atoms with Crippen molar-refractivity contribution in [1.29, 1.82) is 0 Å². The predicted octanol–water partition coefficient (Wildman–Crippen LogP) is 2.32. The van der Waals surface area contributed by atoms with Crippen LogP contribution < -0.4 is 10.1 Å². The lowest BCUT2D eigenvalue weighted by Crippen LogP contribution is -2.42.